The molecule has 0 heterocycles. The summed E-state index contributed by atoms with van der Waals surface area (Å²) >= 11 is 0. The van der Waals surface area contributed by atoms with E-state index in [0.717, 1.165) is 17.0 Å². The van der Waals surface area contributed by atoms with Crippen molar-refractivity contribution in [2.75, 3.05) is 12.0 Å². The van der Waals surface area contributed by atoms with Crippen LogP contribution >= 0.6 is 0 Å². The molecule has 0 saturated heterocycles. The van der Waals surface area contributed by atoms with Crippen LogP contribution in [0.1, 0.15) is 18.1 Å². The van der Waals surface area contributed by atoms with E-state index in [1.165, 1.54) is 5.56 Å². The molecule has 0 aliphatic carbocycles. The van der Waals surface area contributed by atoms with Crippen molar-refractivity contribution in [3.05, 3.63) is 59.7 Å². The number of ether oxygens (including phenoxy) is 1. The van der Waals surface area contributed by atoms with Crippen LogP contribution in [0.4, 0.5) is 5.69 Å². The van der Waals surface area contributed by atoms with Gasteiger partial charge in [-0.2, -0.15) is 5.10 Å². The Labute approximate surface area is 113 Å². The standard InChI is InChI=1S/C16H18N2O/c1-3-19-16-10-5-4-8-14(16)12-17-18-15-9-6-7-13(2)11-15/h4-12,18H,3H2,1-2H3/b17-12+. The molecule has 0 spiro atoms. The third kappa shape index (κ3) is 3.85. The van der Waals surface area contributed by atoms with Gasteiger partial charge in [0.15, 0.2) is 0 Å². The van der Waals surface area contributed by atoms with E-state index in [1.54, 1.807) is 6.21 Å². The number of nitrogens with one attached hydrogen (secondary N) is 1. The van der Waals surface area contributed by atoms with Crippen molar-refractivity contribution in [1.82, 2.24) is 0 Å². The quantitative estimate of drug-likeness (QED) is 0.649. The lowest BCUT2D eigenvalue weighted by Crippen LogP contribution is -1.97. The van der Waals surface area contributed by atoms with Crippen LogP contribution in [0.2, 0.25) is 0 Å². The number of hydrogen-bond acceptors (Lipinski definition) is 3. The Morgan fingerprint density at radius 3 is 2.79 bits per heavy atom. The zero-order valence-corrected chi connectivity index (χ0v) is 11.3. The average Bonchev–Trinajstić information content (AvgIpc) is 2.41. The van der Waals surface area contributed by atoms with Crippen molar-refractivity contribution in [3.63, 3.8) is 0 Å². The lowest BCUT2D eigenvalue weighted by molar-refractivity contribution is 0.340. The van der Waals surface area contributed by atoms with Crippen LogP contribution in [0.15, 0.2) is 53.6 Å². The maximum atomic E-state index is 5.54. The van der Waals surface area contributed by atoms with Gasteiger partial charge in [-0.1, -0.05) is 24.3 Å². The van der Waals surface area contributed by atoms with E-state index in [-0.39, 0.29) is 0 Å². The highest BCUT2D eigenvalue weighted by molar-refractivity contribution is 5.83. The van der Waals surface area contributed by atoms with Gasteiger partial charge in [-0.25, -0.2) is 0 Å². The monoisotopic (exact) mass is 254 g/mol. The maximum Gasteiger partial charge on any atom is 0.128 e. The van der Waals surface area contributed by atoms with Crippen LogP contribution in [-0.4, -0.2) is 12.8 Å². The predicted octanol–water partition coefficient (Wildman–Crippen LogP) is 3.84. The Hall–Kier alpha value is -2.29. The number of anilines is 1. The highest BCUT2D eigenvalue weighted by Crippen LogP contribution is 2.16. The Morgan fingerprint density at radius 1 is 1.16 bits per heavy atom. The molecule has 2 aromatic rings. The molecule has 0 aliphatic rings. The molecule has 0 unspecified atom stereocenters. The fraction of sp³-hybridized carbons (Fsp3) is 0.188. The second-order valence-corrected chi connectivity index (χ2v) is 4.21. The van der Waals surface area contributed by atoms with Crippen molar-refractivity contribution in [1.29, 1.82) is 0 Å². The number of hydrazone groups is 1. The molecule has 0 saturated carbocycles. The van der Waals surface area contributed by atoms with E-state index in [1.807, 2.05) is 49.4 Å². The number of nitrogens with zero attached hydrogens (tertiary/aromatic N) is 1. The first-order chi connectivity index (χ1) is 9.29. The predicted molar refractivity (Wildman–Crippen MR) is 80.0 cm³/mol. The van der Waals surface area contributed by atoms with Gasteiger partial charge in [-0.3, -0.25) is 5.43 Å². The zero-order chi connectivity index (χ0) is 13.5. The molecular weight excluding hydrogens is 236 g/mol. The van der Waals surface area contributed by atoms with E-state index in [0.29, 0.717) is 6.61 Å². The van der Waals surface area contributed by atoms with Crippen LogP contribution in [-0.2, 0) is 0 Å². The molecule has 98 valence electrons. The Morgan fingerprint density at radius 2 is 2.00 bits per heavy atom. The van der Waals surface area contributed by atoms with Crippen LogP contribution in [0.25, 0.3) is 0 Å². The normalized spacial score (nSPS) is 10.6. The summed E-state index contributed by atoms with van der Waals surface area (Å²) in [6.07, 6.45) is 1.77. The fourth-order valence-electron chi connectivity index (χ4n) is 1.77. The molecule has 0 aromatic heterocycles. The summed E-state index contributed by atoms with van der Waals surface area (Å²) < 4.78 is 5.54. The Balaban J connectivity index is 2.06. The van der Waals surface area contributed by atoms with Crippen LogP contribution in [0.3, 0.4) is 0 Å². The zero-order valence-electron chi connectivity index (χ0n) is 11.3. The first kappa shape index (κ1) is 13.1. The van der Waals surface area contributed by atoms with Gasteiger partial charge < -0.3 is 4.74 Å². The van der Waals surface area contributed by atoms with Gasteiger partial charge in [0.05, 0.1) is 18.5 Å². The van der Waals surface area contributed by atoms with E-state index in [9.17, 15) is 0 Å². The second-order valence-electron chi connectivity index (χ2n) is 4.21. The summed E-state index contributed by atoms with van der Waals surface area (Å²) in [6, 6.07) is 15.9. The molecule has 0 aliphatic heterocycles. The molecule has 2 aromatic carbocycles. The maximum absolute atomic E-state index is 5.54. The van der Waals surface area contributed by atoms with Gasteiger partial charge in [0.2, 0.25) is 0 Å². The molecular formula is C16H18N2O. The minimum Gasteiger partial charge on any atom is -0.493 e. The van der Waals surface area contributed by atoms with Gasteiger partial charge in [0.25, 0.3) is 0 Å². The number of aryl methyl sites for hydroxylation is 1. The summed E-state index contributed by atoms with van der Waals surface area (Å²) in [5.41, 5.74) is 6.16. The lowest BCUT2D eigenvalue weighted by Gasteiger charge is -2.06. The number of para-hydroxylation sites is 1. The van der Waals surface area contributed by atoms with Crippen molar-refractivity contribution in [3.8, 4) is 5.75 Å². The van der Waals surface area contributed by atoms with Crippen LogP contribution < -0.4 is 10.2 Å². The molecule has 0 bridgehead atoms. The third-order valence-electron chi connectivity index (χ3n) is 2.63. The Kier molecular flexibility index (Phi) is 4.56. The molecule has 3 heteroatoms. The second kappa shape index (κ2) is 6.59. The van der Waals surface area contributed by atoms with Crippen molar-refractivity contribution in [2.45, 2.75) is 13.8 Å². The summed E-state index contributed by atoms with van der Waals surface area (Å²) in [5, 5.41) is 4.24. The van der Waals surface area contributed by atoms with Crippen LogP contribution in [0.5, 0.6) is 5.75 Å². The number of hydrogen-bond donors (Lipinski definition) is 1. The largest absolute Gasteiger partial charge is 0.493 e. The third-order valence-corrected chi connectivity index (χ3v) is 2.63. The first-order valence-corrected chi connectivity index (χ1v) is 6.37. The molecule has 3 nitrogen and oxygen atoms in total. The van der Waals surface area contributed by atoms with Crippen molar-refractivity contribution < 1.29 is 4.74 Å². The van der Waals surface area contributed by atoms with Gasteiger partial charge in [0.1, 0.15) is 5.75 Å². The molecule has 0 amide bonds. The summed E-state index contributed by atoms with van der Waals surface area (Å²) in [4.78, 5) is 0. The molecule has 0 atom stereocenters. The van der Waals surface area contributed by atoms with Gasteiger partial charge in [0, 0.05) is 5.56 Å². The highest BCUT2D eigenvalue weighted by atomic mass is 16.5. The van der Waals surface area contributed by atoms with E-state index in [2.05, 4.69) is 23.5 Å². The molecule has 19 heavy (non-hydrogen) atoms. The SMILES string of the molecule is CCOc1ccccc1/C=N/Nc1cccc(C)c1. The van der Waals surface area contributed by atoms with Crippen molar-refractivity contribution >= 4 is 11.9 Å². The molecule has 2 rings (SSSR count). The first-order valence-electron chi connectivity index (χ1n) is 6.37. The summed E-state index contributed by atoms with van der Waals surface area (Å²) in [7, 11) is 0. The Bertz CT molecular complexity index is 564. The van der Waals surface area contributed by atoms with Gasteiger partial charge >= 0.3 is 0 Å². The highest BCUT2D eigenvalue weighted by Gasteiger charge is 1.98. The average molecular weight is 254 g/mol. The summed E-state index contributed by atoms with van der Waals surface area (Å²) in [6.45, 7) is 4.67. The number of benzene rings is 2. The molecule has 0 radical (unpaired) electrons. The smallest absolute Gasteiger partial charge is 0.128 e. The minimum absolute atomic E-state index is 0.649. The van der Waals surface area contributed by atoms with Gasteiger partial charge in [-0.15, -0.1) is 0 Å². The minimum atomic E-state index is 0.649. The van der Waals surface area contributed by atoms with E-state index >= 15 is 0 Å². The molecule has 0 fully saturated rings. The topological polar surface area (TPSA) is 33.6 Å². The van der Waals surface area contributed by atoms with E-state index < -0.39 is 0 Å². The molecule has 1 N–H and O–H groups in total. The van der Waals surface area contributed by atoms with Crippen molar-refractivity contribution in [2.24, 2.45) is 5.10 Å². The fourth-order valence-corrected chi connectivity index (χ4v) is 1.77. The number of rotatable bonds is 5. The van der Waals surface area contributed by atoms with Crippen LogP contribution in [0, 0.1) is 6.92 Å². The van der Waals surface area contributed by atoms with E-state index in [4.69, 9.17) is 4.74 Å². The lowest BCUT2D eigenvalue weighted by atomic mass is 10.2. The summed E-state index contributed by atoms with van der Waals surface area (Å²) in [5.74, 6) is 0.847. The van der Waals surface area contributed by atoms with Gasteiger partial charge in [-0.05, 0) is 43.7 Å².